The van der Waals surface area contributed by atoms with Crippen molar-refractivity contribution in [2.24, 2.45) is 28.6 Å². The summed E-state index contributed by atoms with van der Waals surface area (Å²) in [4.78, 5) is 14.1. The van der Waals surface area contributed by atoms with E-state index in [1.165, 1.54) is 0 Å². The summed E-state index contributed by atoms with van der Waals surface area (Å²) in [6, 6.07) is 0. The van der Waals surface area contributed by atoms with E-state index in [4.69, 9.17) is 15.7 Å². The molecule has 0 aromatic heterocycles. The summed E-state index contributed by atoms with van der Waals surface area (Å²) in [6.07, 6.45) is 0.945. The summed E-state index contributed by atoms with van der Waals surface area (Å²) < 4.78 is 5.10. The van der Waals surface area contributed by atoms with E-state index in [0.29, 0.717) is 19.1 Å². The minimum atomic E-state index is -0.545. The van der Waals surface area contributed by atoms with Crippen LogP contribution in [0.2, 0.25) is 0 Å². The molecule has 0 spiro atoms. The van der Waals surface area contributed by atoms with Crippen molar-refractivity contribution >= 4 is 11.7 Å². The van der Waals surface area contributed by atoms with Gasteiger partial charge in [0.2, 0.25) is 5.91 Å². The molecule has 1 fully saturated rings. The highest BCUT2D eigenvalue weighted by Crippen LogP contribution is 2.22. The number of rotatable bonds is 5. The van der Waals surface area contributed by atoms with Gasteiger partial charge < -0.3 is 20.6 Å². The van der Waals surface area contributed by atoms with Crippen molar-refractivity contribution in [3.8, 4) is 0 Å². The molecule has 0 aliphatic carbocycles. The number of nitrogens with two attached hydrogens (primary N) is 1. The molecule has 1 saturated heterocycles. The fourth-order valence-electron chi connectivity index (χ4n) is 2.42. The number of methoxy groups -OCH3 is 1. The molecule has 6 heteroatoms. The number of carbonyl (C=O) groups excluding carboxylic acids is 1. The number of likely N-dealkylation sites (tertiary alicyclic amines) is 1. The van der Waals surface area contributed by atoms with Crippen LogP contribution in [0.3, 0.4) is 0 Å². The first-order valence-corrected chi connectivity index (χ1v) is 6.26. The lowest BCUT2D eigenvalue weighted by atomic mass is 9.93. The van der Waals surface area contributed by atoms with Gasteiger partial charge in [-0.1, -0.05) is 19.0 Å². The van der Waals surface area contributed by atoms with E-state index in [-0.39, 0.29) is 17.7 Å². The third-order valence-corrected chi connectivity index (χ3v) is 3.37. The number of amidine groups is 1. The van der Waals surface area contributed by atoms with Gasteiger partial charge in [0.25, 0.3) is 0 Å². The molecular formula is C12H23N3O3. The van der Waals surface area contributed by atoms with E-state index >= 15 is 0 Å². The standard InChI is InChI=1S/C12H23N3O3/c1-8(2)10(11(13)14-17)12(16)15-5-4-9(6-15)7-18-3/h8-10,17H,4-7H2,1-3H3,(H2,13,14). The van der Waals surface area contributed by atoms with Gasteiger partial charge in [-0.3, -0.25) is 4.79 Å². The number of nitrogens with zero attached hydrogens (tertiary/aromatic N) is 2. The maximum atomic E-state index is 12.4. The second-order valence-electron chi connectivity index (χ2n) is 5.14. The number of oxime groups is 1. The summed E-state index contributed by atoms with van der Waals surface area (Å²) >= 11 is 0. The van der Waals surface area contributed by atoms with Crippen LogP contribution < -0.4 is 5.73 Å². The molecule has 1 amide bonds. The zero-order valence-electron chi connectivity index (χ0n) is 11.3. The topological polar surface area (TPSA) is 88.2 Å². The first kappa shape index (κ1) is 14.8. The molecule has 1 aliphatic rings. The van der Waals surface area contributed by atoms with Crippen LogP contribution in [0.25, 0.3) is 0 Å². The lowest BCUT2D eigenvalue weighted by molar-refractivity contribution is -0.133. The van der Waals surface area contributed by atoms with E-state index < -0.39 is 5.92 Å². The van der Waals surface area contributed by atoms with Crippen LogP contribution in [0, 0.1) is 17.8 Å². The van der Waals surface area contributed by atoms with Gasteiger partial charge in [0.1, 0.15) is 5.92 Å². The van der Waals surface area contributed by atoms with Crippen LogP contribution in [0.4, 0.5) is 0 Å². The van der Waals surface area contributed by atoms with Crippen LogP contribution in [0.5, 0.6) is 0 Å². The Balaban J connectivity index is 2.68. The number of ether oxygens (including phenoxy) is 1. The fourth-order valence-corrected chi connectivity index (χ4v) is 2.42. The van der Waals surface area contributed by atoms with Gasteiger partial charge in [0, 0.05) is 26.1 Å². The third-order valence-electron chi connectivity index (χ3n) is 3.37. The van der Waals surface area contributed by atoms with Gasteiger partial charge in [-0.05, 0) is 12.3 Å². The summed E-state index contributed by atoms with van der Waals surface area (Å²) in [5.41, 5.74) is 5.61. The molecule has 2 atom stereocenters. The van der Waals surface area contributed by atoms with Crippen molar-refractivity contribution in [3.63, 3.8) is 0 Å². The maximum absolute atomic E-state index is 12.4. The van der Waals surface area contributed by atoms with E-state index in [0.717, 1.165) is 13.0 Å². The molecule has 0 saturated carbocycles. The fraction of sp³-hybridized carbons (Fsp3) is 0.833. The molecule has 1 aliphatic heterocycles. The second-order valence-corrected chi connectivity index (χ2v) is 5.14. The molecule has 104 valence electrons. The van der Waals surface area contributed by atoms with Gasteiger partial charge in [-0.25, -0.2) is 0 Å². The molecule has 2 unspecified atom stereocenters. The second kappa shape index (κ2) is 6.58. The highest BCUT2D eigenvalue weighted by molar-refractivity contribution is 6.02. The van der Waals surface area contributed by atoms with Crippen LogP contribution in [0.1, 0.15) is 20.3 Å². The van der Waals surface area contributed by atoms with Gasteiger partial charge in [0.05, 0.1) is 6.61 Å². The Morgan fingerprint density at radius 1 is 1.61 bits per heavy atom. The molecule has 0 aromatic carbocycles. The number of hydrogen-bond acceptors (Lipinski definition) is 4. The number of carbonyl (C=O) groups is 1. The van der Waals surface area contributed by atoms with E-state index in [2.05, 4.69) is 5.16 Å². The lowest BCUT2D eigenvalue weighted by Gasteiger charge is -2.25. The Kier molecular flexibility index (Phi) is 5.40. The van der Waals surface area contributed by atoms with E-state index in [9.17, 15) is 4.79 Å². The van der Waals surface area contributed by atoms with Crippen LogP contribution in [-0.4, -0.2) is 48.7 Å². The summed E-state index contributed by atoms with van der Waals surface area (Å²) in [6.45, 7) is 5.86. The zero-order chi connectivity index (χ0) is 13.7. The van der Waals surface area contributed by atoms with Crippen molar-refractivity contribution in [1.82, 2.24) is 4.90 Å². The molecule has 0 aromatic rings. The Labute approximate surface area is 108 Å². The monoisotopic (exact) mass is 257 g/mol. The quantitative estimate of drug-likeness (QED) is 0.325. The zero-order valence-corrected chi connectivity index (χ0v) is 11.3. The van der Waals surface area contributed by atoms with Crippen LogP contribution in [-0.2, 0) is 9.53 Å². The normalized spacial score (nSPS) is 22.6. The number of hydrogen-bond donors (Lipinski definition) is 2. The average Bonchev–Trinajstić information content (AvgIpc) is 2.77. The maximum Gasteiger partial charge on any atom is 0.233 e. The predicted molar refractivity (Wildman–Crippen MR) is 68.3 cm³/mol. The molecule has 18 heavy (non-hydrogen) atoms. The summed E-state index contributed by atoms with van der Waals surface area (Å²) in [5, 5.41) is 11.7. The first-order chi connectivity index (χ1) is 8.51. The van der Waals surface area contributed by atoms with Crippen molar-refractivity contribution < 1.29 is 14.7 Å². The van der Waals surface area contributed by atoms with E-state index in [1.54, 1.807) is 12.0 Å². The SMILES string of the molecule is COCC1CCN(C(=O)C(C(N)=NO)C(C)C)C1. The Bertz CT molecular complexity index is 318. The summed E-state index contributed by atoms with van der Waals surface area (Å²) in [7, 11) is 1.66. The van der Waals surface area contributed by atoms with Crippen molar-refractivity contribution in [2.45, 2.75) is 20.3 Å². The first-order valence-electron chi connectivity index (χ1n) is 6.26. The predicted octanol–water partition coefficient (Wildman–Crippen LogP) is 0.500. The Morgan fingerprint density at radius 3 is 2.78 bits per heavy atom. The van der Waals surface area contributed by atoms with Crippen LogP contribution >= 0.6 is 0 Å². The molecule has 1 rings (SSSR count). The van der Waals surface area contributed by atoms with Gasteiger partial charge >= 0.3 is 0 Å². The minimum absolute atomic E-state index is 0.00908. The molecule has 3 N–H and O–H groups in total. The largest absolute Gasteiger partial charge is 0.409 e. The molecule has 0 radical (unpaired) electrons. The van der Waals surface area contributed by atoms with Crippen molar-refractivity contribution in [3.05, 3.63) is 0 Å². The van der Waals surface area contributed by atoms with Gasteiger partial charge in [-0.15, -0.1) is 0 Å². The van der Waals surface area contributed by atoms with E-state index in [1.807, 2.05) is 13.8 Å². The minimum Gasteiger partial charge on any atom is -0.409 e. The highest BCUT2D eigenvalue weighted by atomic mass is 16.5. The van der Waals surface area contributed by atoms with Crippen LogP contribution in [0.15, 0.2) is 5.16 Å². The molecule has 1 heterocycles. The molecule has 0 bridgehead atoms. The van der Waals surface area contributed by atoms with Crippen molar-refractivity contribution in [2.75, 3.05) is 26.8 Å². The smallest absolute Gasteiger partial charge is 0.233 e. The lowest BCUT2D eigenvalue weighted by Crippen LogP contribution is -2.43. The molecular weight excluding hydrogens is 234 g/mol. The van der Waals surface area contributed by atoms with Crippen molar-refractivity contribution in [1.29, 1.82) is 0 Å². The third kappa shape index (κ3) is 3.35. The van der Waals surface area contributed by atoms with Gasteiger partial charge in [-0.2, -0.15) is 0 Å². The highest BCUT2D eigenvalue weighted by Gasteiger charge is 2.34. The summed E-state index contributed by atoms with van der Waals surface area (Å²) in [5.74, 6) is -0.214. The number of amides is 1. The Morgan fingerprint density at radius 2 is 2.28 bits per heavy atom. The van der Waals surface area contributed by atoms with Gasteiger partial charge in [0.15, 0.2) is 5.84 Å². The average molecular weight is 257 g/mol. The Hall–Kier alpha value is -1.30. The molecule has 6 nitrogen and oxygen atoms in total.